The molecule has 0 fully saturated rings. The summed E-state index contributed by atoms with van der Waals surface area (Å²) in [7, 11) is 1.63. The topological polar surface area (TPSA) is 65.4 Å². The Kier molecular flexibility index (Phi) is 6.12. The molecule has 5 rings (SSSR count). The number of carbonyl (C=O) groups excluding carboxylic acids is 1. The number of ether oxygens (including phenoxy) is 2. The normalized spacial score (nSPS) is 11.0. The number of methoxy groups -OCH3 is 1. The van der Waals surface area contributed by atoms with Gasteiger partial charge in [-0.15, -0.1) is 0 Å². The van der Waals surface area contributed by atoms with Crippen molar-refractivity contribution in [3.63, 3.8) is 0 Å². The second kappa shape index (κ2) is 9.67. The number of aromatic nitrogens is 2. The Labute approximate surface area is 197 Å². The van der Waals surface area contributed by atoms with Crippen LogP contribution in [0.5, 0.6) is 11.5 Å². The fourth-order valence-electron chi connectivity index (χ4n) is 4.02. The molecule has 0 unspecified atom stereocenters. The van der Waals surface area contributed by atoms with Gasteiger partial charge in [-0.3, -0.25) is 4.79 Å². The highest BCUT2D eigenvalue weighted by Gasteiger charge is 2.15. The van der Waals surface area contributed by atoms with Crippen LogP contribution < -0.4 is 14.8 Å². The number of hydrogen-bond donors (Lipinski definition) is 1. The smallest absolute Gasteiger partial charge is 0.240 e. The second-order valence-electron chi connectivity index (χ2n) is 7.99. The van der Waals surface area contributed by atoms with E-state index in [1.54, 1.807) is 7.11 Å². The van der Waals surface area contributed by atoms with Crippen molar-refractivity contribution in [3.8, 4) is 11.5 Å². The third kappa shape index (κ3) is 4.57. The summed E-state index contributed by atoms with van der Waals surface area (Å²) < 4.78 is 13.3. The number of hydrogen-bond acceptors (Lipinski definition) is 4. The second-order valence-corrected chi connectivity index (χ2v) is 7.99. The Morgan fingerprint density at radius 1 is 0.912 bits per heavy atom. The predicted molar refractivity (Wildman–Crippen MR) is 133 cm³/mol. The zero-order valence-corrected chi connectivity index (χ0v) is 18.9. The van der Waals surface area contributed by atoms with Crippen LogP contribution in [0.3, 0.4) is 0 Å². The Hall–Kier alpha value is -4.32. The van der Waals surface area contributed by atoms with E-state index in [2.05, 4.69) is 17.4 Å². The average molecular weight is 452 g/mol. The standard InChI is InChI=1S/C28H25N3O3/c1-33-22-15-13-20(14-16-22)17-29-28(32)18-31-25-11-5-4-10-24(25)30-27(31)19-34-26-12-6-8-21-7-2-3-9-23(21)26/h2-16H,17-19H2,1H3,(H,29,32). The van der Waals surface area contributed by atoms with Crippen molar-refractivity contribution in [1.82, 2.24) is 14.9 Å². The molecule has 1 aromatic heterocycles. The van der Waals surface area contributed by atoms with Crippen LogP contribution in [0.25, 0.3) is 21.8 Å². The fraction of sp³-hybridized carbons (Fsp3) is 0.143. The number of para-hydroxylation sites is 2. The summed E-state index contributed by atoms with van der Waals surface area (Å²) in [5, 5.41) is 5.16. The number of imidazole rings is 1. The summed E-state index contributed by atoms with van der Waals surface area (Å²) in [5.41, 5.74) is 2.74. The summed E-state index contributed by atoms with van der Waals surface area (Å²) in [6.07, 6.45) is 0. The van der Waals surface area contributed by atoms with E-state index >= 15 is 0 Å². The Bertz CT molecular complexity index is 1440. The maximum absolute atomic E-state index is 12.8. The van der Waals surface area contributed by atoms with Crippen molar-refractivity contribution in [2.75, 3.05) is 7.11 Å². The van der Waals surface area contributed by atoms with Gasteiger partial charge in [-0.1, -0.05) is 60.7 Å². The van der Waals surface area contributed by atoms with Gasteiger partial charge in [0, 0.05) is 11.9 Å². The highest BCUT2D eigenvalue weighted by atomic mass is 16.5. The molecular formula is C28H25N3O3. The van der Waals surface area contributed by atoms with E-state index in [0.29, 0.717) is 12.4 Å². The SMILES string of the molecule is COc1ccc(CNC(=O)Cn2c(COc3cccc4ccccc34)nc3ccccc32)cc1. The van der Waals surface area contributed by atoms with Crippen LogP contribution >= 0.6 is 0 Å². The highest BCUT2D eigenvalue weighted by molar-refractivity contribution is 5.88. The first-order valence-corrected chi connectivity index (χ1v) is 11.2. The number of nitrogens with one attached hydrogen (secondary N) is 1. The van der Waals surface area contributed by atoms with E-state index in [-0.39, 0.29) is 19.1 Å². The molecule has 1 N–H and O–H groups in total. The molecule has 0 radical (unpaired) electrons. The molecule has 1 heterocycles. The summed E-state index contributed by atoms with van der Waals surface area (Å²) in [6.45, 7) is 0.858. The summed E-state index contributed by atoms with van der Waals surface area (Å²) in [4.78, 5) is 17.6. The van der Waals surface area contributed by atoms with Gasteiger partial charge in [-0.05, 0) is 41.3 Å². The number of nitrogens with zero attached hydrogens (tertiary/aromatic N) is 2. The van der Waals surface area contributed by atoms with Crippen LogP contribution in [0.15, 0.2) is 91.0 Å². The fourth-order valence-corrected chi connectivity index (χ4v) is 4.02. The van der Waals surface area contributed by atoms with Crippen LogP contribution in [0, 0.1) is 0 Å². The van der Waals surface area contributed by atoms with E-state index in [9.17, 15) is 4.79 Å². The van der Waals surface area contributed by atoms with Crippen molar-refractivity contribution in [3.05, 3.63) is 102 Å². The maximum Gasteiger partial charge on any atom is 0.240 e. The molecule has 4 aromatic carbocycles. The number of benzene rings is 4. The quantitative estimate of drug-likeness (QED) is 0.357. The minimum Gasteiger partial charge on any atom is -0.497 e. The zero-order chi connectivity index (χ0) is 23.3. The lowest BCUT2D eigenvalue weighted by atomic mass is 10.1. The molecule has 0 aliphatic heterocycles. The largest absolute Gasteiger partial charge is 0.497 e. The molecule has 34 heavy (non-hydrogen) atoms. The average Bonchev–Trinajstić information content (AvgIpc) is 3.23. The summed E-state index contributed by atoms with van der Waals surface area (Å²) in [5.74, 6) is 2.19. The van der Waals surface area contributed by atoms with Gasteiger partial charge in [0.1, 0.15) is 30.5 Å². The molecule has 0 aliphatic carbocycles. The predicted octanol–water partition coefficient (Wildman–Crippen LogP) is 5.09. The lowest BCUT2D eigenvalue weighted by Crippen LogP contribution is -2.28. The van der Waals surface area contributed by atoms with Crippen molar-refractivity contribution < 1.29 is 14.3 Å². The molecular weight excluding hydrogens is 426 g/mol. The Balaban J connectivity index is 1.33. The van der Waals surface area contributed by atoms with Crippen molar-refractivity contribution >= 4 is 27.7 Å². The van der Waals surface area contributed by atoms with Gasteiger partial charge in [0.15, 0.2) is 0 Å². The number of amides is 1. The van der Waals surface area contributed by atoms with E-state index in [4.69, 9.17) is 14.5 Å². The van der Waals surface area contributed by atoms with Gasteiger partial charge in [0.2, 0.25) is 5.91 Å². The van der Waals surface area contributed by atoms with Crippen LogP contribution in [0.1, 0.15) is 11.4 Å². The van der Waals surface area contributed by atoms with Gasteiger partial charge in [0.25, 0.3) is 0 Å². The zero-order valence-electron chi connectivity index (χ0n) is 18.9. The first-order chi connectivity index (χ1) is 16.7. The van der Waals surface area contributed by atoms with Crippen LogP contribution in [0.4, 0.5) is 0 Å². The molecule has 0 atom stereocenters. The minimum atomic E-state index is -0.0922. The third-order valence-electron chi connectivity index (χ3n) is 5.79. The Morgan fingerprint density at radius 3 is 2.53 bits per heavy atom. The first-order valence-electron chi connectivity index (χ1n) is 11.2. The Morgan fingerprint density at radius 2 is 1.68 bits per heavy atom. The first kappa shape index (κ1) is 21.5. The molecule has 0 spiro atoms. The molecule has 0 saturated carbocycles. The monoisotopic (exact) mass is 451 g/mol. The molecule has 6 heteroatoms. The number of rotatable bonds is 8. The van der Waals surface area contributed by atoms with E-state index in [1.165, 1.54) is 0 Å². The molecule has 5 aromatic rings. The highest BCUT2D eigenvalue weighted by Crippen LogP contribution is 2.26. The van der Waals surface area contributed by atoms with Gasteiger partial charge in [0.05, 0.1) is 18.1 Å². The summed E-state index contributed by atoms with van der Waals surface area (Å²) >= 11 is 0. The molecule has 0 saturated heterocycles. The number of fused-ring (bicyclic) bond motifs is 2. The maximum atomic E-state index is 12.8. The van der Waals surface area contributed by atoms with E-state index < -0.39 is 0 Å². The van der Waals surface area contributed by atoms with Gasteiger partial charge in [-0.25, -0.2) is 4.98 Å². The molecule has 0 aliphatic rings. The van der Waals surface area contributed by atoms with Crippen LogP contribution in [0.2, 0.25) is 0 Å². The molecule has 170 valence electrons. The molecule has 0 bridgehead atoms. The molecule has 6 nitrogen and oxygen atoms in total. The lowest BCUT2D eigenvalue weighted by molar-refractivity contribution is -0.121. The van der Waals surface area contributed by atoms with Crippen molar-refractivity contribution in [2.45, 2.75) is 19.7 Å². The lowest BCUT2D eigenvalue weighted by Gasteiger charge is -2.12. The van der Waals surface area contributed by atoms with Crippen LogP contribution in [-0.2, 0) is 24.5 Å². The van der Waals surface area contributed by atoms with Gasteiger partial charge >= 0.3 is 0 Å². The minimum absolute atomic E-state index is 0.0922. The van der Waals surface area contributed by atoms with E-state index in [1.807, 2.05) is 83.4 Å². The van der Waals surface area contributed by atoms with E-state index in [0.717, 1.165) is 38.9 Å². The third-order valence-corrected chi connectivity index (χ3v) is 5.79. The van der Waals surface area contributed by atoms with Crippen LogP contribution in [-0.4, -0.2) is 22.6 Å². The van der Waals surface area contributed by atoms with Gasteiger partial charge < -0.3 is 19.4 Å². The summed E-state index contributed by atoms with van der Waals surface area (Å²) in [6, 6.07) is 29.6. The van der Waals surface area contributed by atoms with Crippen molar-refractivity contribution in [2.24, 2.45) is 0 Å². The number of carbonyl (C=O) groups is 1. The molecule has 1 amide bonds. The van der Waals surface area contributed by atoms with Crippen molar-refractivity contribution in [1.29, 1.82) is 0 Å². The van der Waals surface area contributed by atoms with Gasteiger partial charge in [-0.2, -0.15) is 0 Å².